The third-order valence-electron chi connectivity index (χ3n) is 3.04. The Bertz CT molecular complexity index is 735. The van der Waals surface area contributed by atoms with Crippen LogP contribution in [0.1, 0.15) is 16.7 Å². The number of aromatic nitrogens is 1. The van der Waals surface area contributed by atoms with Gasteiger partial charge in [0.05, 0.1) is 5.69 Å². The fourth-order valence-electron chi connectivity index (χ4n) is 1.95. The van der Waals surface area contributed by atoms with Crippen LogP contribution in [0.25, 0.3) is 0 Å². The number of nitrogens with two attached hydrogens (primary N) is 1. The van der Waals surface area contributed by atoms with Crippen LogP contribution in [0.3, 0.4) is 0 Å². The van der Waals surface area contributed by atoms with Gasteiger partial charge in [-0.05, 0) is 48.7 Å². The Morgan fingerprint density at radius 1 is 1.24 bits per heavy atom. The number of benzene rings is 1. The minimum Gasteiger partial charge on any atom is -0.326 e. The molecule has 1 heterocycles. The normalized spacial score (nSPS) is 11.4. The summed E-state index contributed by atoms with van der Waals surface area (Å²) < 4.78 is 28.2. The second kappa shape index (κ2) is 6.13. The summed E-state index contributed by atoms with van der Waals surface area (Å²) in [5.74, 6) is 0. The molecule has 5 nitrogen and oxygen atoms in total. The Balaban J connectivity index is 2.37. The summed E-state index contributed by atoms with van der Waals surface area (Å²) >= 11 is 3.39. The van der Waals surface area contributed by atoms with Gasteiger partial charge in [-0.3, -0.25) is 4.72 Å². The summed E-state index contributed by atoms with van der Waals surface area (Å²) in [5, 5.41) is -0.0265. The van der Waals surface area contributed by atoms with Crippen LogP contribution < -0.4 is 10.5 Å². The summed E-state index contributed by atoms with van der Waals surface area (Å²) in [4.78, 5) is 3.95. The van der Waals surface area contributed by atoms with Crippen molar-refractivity contribution in [3.05, 3.63) is 51.6 Å². The highest BCUT2D eigenvalue weighted by atomic mass is 79.9. The first-order valence-electron chi connectivity index (χ1n) is 6.28. The first-order valence-corrected chi connectivity index (χ1v) is 8.55. The van der Waals surface area contributed by atoms with Gasteiger partial charge in [0.1, 0.15) is 0 Å². The first-order chi connectivity index (χ1) is 9.83. The number of hydrogen-bond donors (Lipinski definition) is 2. The lowest BCUT2D eigenvalue weighted by Gasteiger charge is -2.13. The van der Waals surface area contributed by atoms with Crippen LogP contribution >= 0.6 is 15.9 Å². The van der Waals surface area contributed by atoms with Crippen molar-refractivity contribution in [3.8, 4) is 0 Å². The Hall–Kier alpha value is -1.44. The van der Waals surface area contributed by atoms with Crippen molar-refractivity contribution in [1.29, 1.82) is 0 Å². The van der Waals surface area contributed by atoms with E-state index in [-0.39, 0.29) is 5.03 Å². The average molecular weight is 370 g/mol. The zero-order chi connectivity index (χ0) is 15.6. The van der Waals surface area contributed by atoms with Gasteiger partial charge in [-0.1, -0.05) is 22.0 Å². The van der Waals surface area contributed by atoms with E-state index >= 15 is 0 Å². The maximum Gasteiger partial charge on any atom is 0.279 e. The molecule has 7 heteroatoms. The van der Waals surface area contributed by atoms with E-state index in [1.165, 1.54) is 12.3 Å². The van der Waals surface area contributed by atoms with E-state index in [4.69, 9.17) is 5.73 Å². The Labute approximate surface area is 132 Å². The van der Waals surface area contributed by atoms with Crippen LogP contribution in [0.5, 0.6) is 0 Å². The molecule has 0 aliphatic heterocycles. The van der Waals surface area contributed by atoms with Crippen LogP contribution in [-0.2, 0) is 16.6 Å². The second-order valence-corrected chi connectivity index (χ2v) is 7.27. The highest BCUT2D eigenvalue weighted by molar-refractivity contribution is 9.10. The van der Waals surface area contributed by atoms with Crippen molar-refractivity contribution < 1.29 is 8.42 Å². The fraction of sp³-hybridized carbons (Fsp3) is 0.214. The number of aryl methyl sites for hydroxylation is 2. The number of rotatable bonds is 4. The molecule has 0 aliphatic carbocycles. The molecular formula is C14H16BrN3O2S. The van der Waals surface area contributed by atoms with E-state index in [1.807, 2.05) is 26.0 Å². The summed E-state index contributed by atoms with van der Waals surface area (Å²) in [6.45, 7) is 4.02. The molecule has 0 fully saturated rings. The summed E-state index contributed by atoms with van der Waals surface area (Å²) in [6.07, 6.45) is 1.47. The lowest BCUT2D eigenvalue weighted by Crippen LogP contribution is -2.16. The molecule has 0 saturated carbocycles. The third kappa shape index (κ3) is 3.61. The molecule has 0 bridgehead atoms. The van der Waals surface area contributed by atoms with Crippen LogP contribution in [0.15, 0.2) is 40.0 Å². The smallest absolute Gasteiger partial charge is 0.279 e. The zero-order valence-corrected chi connectivity index (χ0v) is 14.1. The highest BCUT2D eigenvalue weighted by Crippen LogP contribution is 2.27. The molecule has 0 amide bonds. The average Bonchev–Trinajstić information content (AvgIpc) is 2.43. The Kier molecular flexibility index (Phi) is 4.65. The van der Waals surface area contributed by atoms with E-state index in [2.05, 4.69) is 25.6 Å². The van der Waals surface area contributed by atoms with E-state index in [0.717, 1.165) is 21.2 Å². The van der Waals surface area contributed by atoms with Gasteiger partial charge in [0, 0.05) is 17.2 Å². The van der Waals surface area contributed by atoms with Crippen molar-refractivity contribution in [1.82, 2.24) is 4.98 Å². The second-order valence-electron chi connectivity index (χ2n) is 4.73. The van der Waals surface area contributed by atoms with Crippen LogP contribution in [0.4, 0.5) is 5.69 Å². The van der Waals surface area contributed by atoms with Gasteiger partial charge >= 0.3 is 0 Å². The molecular weight excluding hydrogens is 354 g/mol. The standard InChI is InChI=1S/C14H16BrN3O2S/c1-9-5-12(15)6-10(2)14(9)18-21(19,20)13-4-3-11(7-16)8-17-13/h3-6,8,18H,7,16H2,1-2H3. The van der Waals surface area contributed by atoms with Crippen molar-refractivity contribution >= 4 is 31.6 Å². The van der Waals surface area contributed by atoms with E-state index in [9.17, 15) is 8.42 Å². The molecule has 112 valence electrons. The lowest BCUT2D eigenvalue weighted by atomic mass is 10.1. The molecule has 21 heavy (non-hydrogen) atoms. The maximum atomic E-state index is 12.4. The molecule has 2 rings (SSSR count). The summed E-state index contributed by atoms with van der Waals surface area (Å²) in [7, 11) is -3.71. The highest BCUT2D eigenvalue weighted by Gasteiger charge is 2.18. The molecule has 0 aliphatic rings. The summed E-state index contributed by atoms with van der Waals surface area (Å²) in [6, 6.07) is 6.82. The molecule has 0 atom stereocenters. The predicted octanol–water partition coefficient (Wildman–Crippen LogP) is 2.72. The van der Waals surface area contributed by atoms with E-state index in [1.54, 1.807) is 6.07 Å². The molecule has 0 radical (unpaired) electrons. The molecule has 1 aromatic heterocycles. The van der Waals surface area contributed by atoms with Gasteiger partial charge < -0.3 is 5.73 Å². The summed E-state index contributed by atoms with van der Waals surface area (Å²) in [5.41, 5.74) is 8.51. The number of hydrogen-bond acceptors (Lipinski definition) is 4. The van der Waals surface area contributed by atoms with Crippen LogP contribution in [0, 0.1) is 13.8 Å². The molecule has 0 saturated heterocycles. The molecule has 2 aromatic rings. The minimum atomic E-state index is -3.71. The number of pyridine rings is 1. The number of nitrogens with zero attached hydrogens (tertiary/aromatic N) is 1. The van der Waals surface area contributed by atoms with Crippen molar-refractivity contribution in [2.45, 2.75) is 25.4 Å². The predicted molar refractivity (Wildman–Crippen MR) is 86.6 cm³/mol. The minimum absolute atomic E-state index is 0.0265. The van der Waals surface area contributed by atoms with Crippen LogP contribution in [0.2, 0.25) is 0 Å². The fourth-order valence-corrected chi connectivity index (χ4v) is 3.77. The van der Waals surface area contributed by atoms with E-state index in [0.29, 0.717) is 12.2 Å². The van der Waals surface area contributed by atoms with Gasteiger partial charge in [0.15, 0.2) is 5.03 Å². The number of anilines is 1. The number of sulfonamides is 1. The number of nitrogens with one attached hydrogen (secondary N) is 1. The van der Waals surface area contributed by atoms with Gasteiger partial charge in [-0.15, -0.1) is 0 Å². The first kappa shape index (κ1) is 15.9. The van der Waals surface area contributed by atoms with Gasteiger partial charge in [0.25, 0.3) is 10.0 Å². The molecule has 1 aromatic carbocycles. The van der Waals surface area contributed by atoms with Gasteiger partial charge in [-0.25, -0.2) is 4.98 Å². The monoisotopic (exact) mass is 369 g/mol. The molecule has 0 spiro atoms. The van der Waals surface area contributed by atoms with Crippen molar-refractivity contribution in [3.63, 3.8) is 0 Å². The maximum absolute atomic E-state index is 12.4. The van der Waals surface area contributed by atoms with Gasteiger partial charge in [0.2, 0.25) is 0 Å². The number of halogens is 1. The molecule has 0 unspecified atom stereocenters. The lowest BCUT2D eigenvalue weighted by molar-refractivity contribution is 0.597. The van der Waals surface area contributed by atoms with Crippen molar-refractivity contribution in [2.75, 3.05) is 4.72 Å². The van der Waals surface area contributed by atoms with E-state index < -0.39 is 10.0 Å². The zero-order valence-electron chi connectivity index (χ0n) is 11.7. The Morgan fingerprint density at radius 2 is 1.86 bits per heavy atom. The third-order valence-corrected chi connectivity index (χ3v) is 4.77. The topological polar surface area (TPSA) is 85.1 Å². The molecule has 3 N–H and O–H groups in total. The van der Waals surface area contributed by atoms with Crippen molar-refractivity contribution in [2.24, 2.45) is 5.73 Å². The SMILES string of the molecule is Cc1cc(Br)cc(C)c1NS(=O)(=O)c1ccc(CN)cn1. The quantitative estimate of drug-likeness (QED) is 0.867. The largest absolute Gasteiger partial charge is 0.326 e. The Morgan fingerprint density at radius 3 is 2.33 bits per heavy atom. The van der Waals surface area contributed by atoms with Crippen LogP contribution in [-0.4, -0.2) is 13.4 Å². The van der Waals surface area contributed by atoms with Gasteiger partial charge in [-0.2, -0.15) is 8.42 Å².